The number of piperidine rings is 1. The first kappa shape index (κ1) is 18.2. The van der Waals surface area contributed by atoms with Crippen molar-refractivity contribution in [1.29, 1.82) is 0 Å². The van der Waals surface area contributed by atoms with Gasteiger partial charge in [0.2, 0.25) is 17.6 Å². The number of fused-ring (bicyclic) bond motifs is 2. The lowest BCUT2D eigenvalue weighted by Gasteiger charge is -2.30. The van der Waals surface area contributed by atoms with E-state index in [-0.39, 0.29) is 41.6 Å². The lowest BCUT2D eigenvalue weighted by atomic mass is 9.94. The molecule has 0 spiro atoms. The first-order chi connectivity index (χ1) is 14.0. The molecule has 3 unspecified atom stereocenters. The minimum atomic E-state index is -0.488. The maximum Gasteiger partial charge on any atom is 0.230 e. The number of aromatic nitrogens is 5. The van der Waals surface area contributed by atoms with Crippen molar-refractivity contribution in [3.05, 3.63) is 47.1 Å². The molecule has 8 nitrogen and oxygen atoms in total. The third-order valence-electron chi connectivity index (χ3n) is 5.91. The zero-order valence-corrected chi connectivity index (χ0v) is 16.4. The van der Waals surface area contributed by atoms with Gasteiger partial charge in [0.1, 0.15) is 18.0 Å². The quantitative estimate of drug-likeness (QED) is 0.649. The van der Waals surface area contributed by atoms with Crippen LogP contribution in [0.25, 0.3) is 11.4 Å². The largest absolute Gasteiger partial charge is 0.339 e. The molecular formula is C19H18ClFN6O2. The molecule has 1 aliphatic carbocycles. The number of hydrogen-bond acceptors (Lipinski definition) is 6. The summed E-state index contributed by atoms with van der Waals surface area (Å²) in [6.07, 6.45) is 3.36. The summed E-state index contributed by atoms with van der Waals surface area (Å²) in [7, 11) is 1.78. The van der Waals surface area contributed by atoms with E-state index in [1.807, 2.05) is 4.90 Å². The number of benzene rings is 1. The van der Waals surface area contributed by atoms with E-state index >= 15 is 0 Å². The van der Waals surface area contributed by atoms with Gasteiger partial charge < -0.3 is 9.42 Å². The lowest BCUT2D eigenvalue weighted by molar-refractivity contribution is -0.132. The summed E-state index contributed by atoms with van der Waals surface area (Å²) < 4.78 is 21.2. The Morgan fingerprint density at radius 2 is 2.24 bits per heavy atom. The molecule has 29 heavy (non-hydrogen) atoms. The number of carbonyl (C=O) groups excluding carboxylic acids is 1. The van der Waals surface area contributed by atoms with Crippen LogP contribution < -0.4 is 0 Å². The molecule has 3 atom stereocenters. The molecule has 0 radical (unpaired) electrons. The third-order valence-corrected chi connectivity index (χ3v) is 6.14. The maximum atomic E-state index is 14.1. The molecule has 1 aliphatic heterocycles. The molecule has 0 N–H and O–H groups in total. The van der Waals surface area contributed by atoms with Crippen molar-refractivity contribution in [3.63, 3.8) is 0 Å². The summed E-state index contributed by atoms with van der Waals surface area (Å²) in [5.41, 5.74) is 0.257. The van der Waals surface area contributed by atoms with Crippen LogP contribution in [0.15, 0.2) is 29.0 Å². The zero-order chi connectivity index (χ0) is 20.1. The summed E-state index contributed by atoms with van der Waals surface area (Å²) in [6, 6.07) is 4.51. The second-order valence-electron chi connectivity index (χ2n) is 7.59. The normalized spacial score (nSPS) is 23.1. The molecular weight excluding hydrogens is 399 g/mol. The van der Waals surface area contributed by atoms with Crippen molar-refractivity contribution in [3.8, 4) is 11.4 Å². The Kier molecular flexibility index (Phi) is 4.34. The number of halogens is 2. The van der Waals surface area contributed by atoms with Crippen molar-refractivity contribution in [2.24, 2.45) is 13.0 Å². The van der Waals surface area contributed by atoms with Crippen molar-refractivity contribution >= 4 is 17.5 Å². The highest BCUT2D eigenvalue weighted by atomic mass is 35.5. The van der Waals surface area contributed by atoms with Crippen LogP contribution in [0.5, 0.6) is 0 Å². The van der Waals surface area contributed by atoms with Gasteiger partial charge in [0.05, 0.1) is 12.0 Å². The summed E-state index contributed by atoms with van der Waals surface area (Å²) in [5, 5.41) is 8.27. The molecule has 1 saturated heterocycles. The van der Waals surface area contributed by atoms with Crippen molar-refractivity contribution < 1.29 is 13.7 Å². The van der Waals surface area contributed by atoms with Crippen LogP contribution in [-0.2, 0) is 18.3 Å². The second kappa shape index (κ2) is 6.91. The van der Waals surface area contributed by atoms with Gasteiger partial charge in [-0.2, -0.15) is 10.1 Å². The van der Waals surface area contributed by atoms with Gasteiger partial charge in [-0.25, -0.2) is 9.37 Å². The topological polar surface area (TPSA) is 89.9 Å². The number of nitrogens with zero attached hydrogens (tertiary/aromatic N) is 6. The molecule has 2 aromatic heterocycles. The Morgan fingerprint density at radius 3 is 2.93 bits per heavy atom. The van der Waals surface area contributed by atoms with Crippen molar-refractivity contribution in [2.45, 2.75) is 31.2 Å². The summed E-state index contributed by atoms with van der Waals surface area (Å²) >= 11 is 5.80. The minimum absolute atomic E-state index is 0.0569. The molecule has 150 valence electrons. The minimum Gasteiger partial charge on any atom is -0.339 e. The van der Waals surface area contributed by atoms with Gasteiger partial charge >= 0.3 is 0 Å². The molecule has 3 heterocycles. The van der Waals surface area contributed by atoms with E-state index in [4.69, 9.17) is 16.1 Å². The molecule has 1 saturated carbocycles. The molecule has 5 rings (SSSR count). The van der Waals surface area contributed by atoms with Crippen LogP contribution in [0.4, 0.5) is 4.39 Å². The molecule has 2 bridgehead atoms. The van der Waals surface area contributed by atoms with Crippen LogP contribution in [0, 0.1) is 11.7 Å². The van der Waals surface area contributed by atoms with E-state index in [2.05, 4.69) is 20.2 Å². The van der Waals surface area contributed by atoms with Crippen LogP contribution in [0.3, 0.4) is 0 Å². The Bertz CT molecular complexity index is 1080. The van der Waals surface area contributed by atoms with Gasteiger partial charge in [-0.05, 0) is 37.0 Å². The summed E-state index contributed by atoms with van der Waals surface area (Å²) in [5.74, 6) is 1.28. The number of aryl methyl sites for hydroxylation is 1. The highest BCUT2D eigenvalue weighted by Crippen LogP contribution is 2.47. The second-order valence-corrected chi connectivity index (χ2v) is 8.03. The smallest absolute Gasteiger partial charge is 0.230 e. The van der Waals surface area contributed by atoms with Crippen LogP contribution in [0.1, 0.15) is 30.5 Å². The Hall–Kier alpha value is -2.81. The molecule has 10 heteroatoms. The Balaban J connectivity index is 1.28. The number of hydrogen-bond donors (Lipinski definition) is 0. The monoisotopic (exact) mass is 416 g/mol. The summed E-state index contributed by atoms with van der Waals surface area (Å²) in [4.78, 5) is 23.2. The van der Waals surface area contributed by atoms with Gasteiger partial charge in [-0.15, -0.1) is 0 Å². The predicted molar refractivity (Wildman–Crippen MR) is 100 cm³/mol. The van der Waals surface area contributed by atoms with Crippen LogP contribution in [0.2, 0.25) is 5.02 Å². The Labute approximate surface area is 170 Å². The zero-order valence-electron chi connectivity index (χ0n) is 15.6. The van der Waals surface area contributed by atoms with E-state index in [0.717, 1.165) is 12.8 Å². The van der Waals surface area contributed by atoms with E-state index in [1.54, 1.807) is 23.9 Å². The molecule has 1 aromatic carbocycles. The lowest BCUT2D eigenvalue weighted by Crippen LogP contribution is -2.40. The fourth-order valence-electron chi connectivity index (χ4n) is 4.44. The van der Waals surface area contributed by atoms with E-state index in [1.165, 1.54) is 12.4 Å². The molecule has 2 aliphatic rings. The average Bonchev–Trinajstić information content (AvgIpc) is 3.46. The van der Waals surface area contributed by atoms with Crippen molar-refractivity contribution in [1.82, 2.24) is 29.8 Å². The maximum absolute atomic E-state index is 14.1. The van der Waals surface area contributed by atoms with Gasteiger partial charge in [-0.1, -0.05) is 16.8 Å². The van der Waals surface area contributed by atoms with Gasteiger partial charge in [0.15, 0.2) is 0 Å². The molecule has 3 aromatic rings. The number of rotatable bonds is 4. The Morgan fingerprint density at radius 1 is 1.38 bits per heavy atom. The molecule has 2 fully saturated rings. The van der Waals surface area contributed by atoms with Gasteiger partial charge in [0.25, 0.3) is 0 Å². The predicted octanol–water partition coefficient (Wildman–Crippen LogP) is 2.60. The van der Waals surface area contributed by atoms with E-state index in [9.17, 15) is 9.18 Å². The third kappa shape index (κ3) is 3.19. The van der Waals surface area contributed by atoms with Gasteiger partial charge in [-0.3, -0.25) is 9.48 Å². The van der Waals surface area contributed by atoms with Gasteiger partial charge in [0, 0.05) is 30.6 Å². The van der Waals surface area contributed by atoms with Crippen LogP contribution in [-0.4, -0.2) is 48.3 Å². The van der Waals surface area contributed by atoms with E-state index < -0.39 is 5.82 Å². The number of carbonyl (C=O) groups is 1. The number of amides is 1. The van der Waals surface area contributed by atoms with Crippen molar-refractivity contribution in [2.75, 3.05) is 6.54 Å². The molecule has 1 amide bonds. The number of likely N-dealkylation sites (tertiary alicyclic amines) is 1. The van der Waals surface area contributed by atoms with Crippen LogP contribution >= 0.6 is 11.6 Å². The highest BCUT2D eigenvalue weighted by molar-refractivity contribution is 6.30. The SMILES string of the molecule is Cn1ncnc1CC(=O)N1CC2CC1CC2c1nc(-c2ccc(Cl)cc2F)no1. The fraction of sp³-hybridized carbons (Fsp3) is 0.421. The first-order valence-electron chi connectivity index (χ1n) is 9.41. The average molecular weight is 417 g/mol. The summed E-state index contributed by atoms with van der Waals surface area (Å²) in [6.45, 7) is 0.652. The standard InChI is InChI=1S/C19H18ClFN6O2/c1-26-16(22-9-23-26)7-17(28)27-8-10-4-12(27)6-14(10)19-24-18(25-29-19)13-3-2-11(20)5-15(13)21/h2-3,5,9-10,12,14H,4,6-8H2,1H3. The fourth-order valence-corrected chi connectivity index (χ4v) is 4.60. The highest BCUT2D eigenvalue weighted by Gasteiger charge is 2.49. The first-order valence-corrected chi connectivity index (χ1v) is 9.78. The van der Waals surface area contributed by atoms with E-state index in [0.29, 0.717) is 23.3 Å².